The summed E-state index contributed by atoms with van der Waals surface area (Å²) in [5, 5.41) is 2.20. The van der Waals surface area contributed by atoms with Crippen molar-refractivity contribution in [1.29, 1.82) is 0 Å². The molecular formula is C64H39N3O3. The lowest BCUT2D eigenvalue weighted by Gasteiger charge is -2.34. The van der Waals surface area contributed by atoms with Crippen LogP contribution in [0.3, 0.4) is 0 Å². The lowest BCUT2D eigenvalue weighted by molar-refractivity contribution is 0.359. The molecule has 12 aromatic rings. The summed E-state index contributed by atoms with van der Waals surface area (Å²) >= 11 is 0. The number of ether oxygens (including phenoxy) is 2. The summed E-state index contributed by atoms with van der Waals surface area (Å²) in [6.07, 6.45) is 0. The summed E-state index contributed by atoms with van der Waals surface area (Å²) in [6, 6.07) is 82.0. The summed E-state index contributed by atoms with van der Waals surface area (Å²) in [5.41, 5.74) is 15.0. The van der Waals surface area contributed by atoms with Crippen molar-refractivity contribution < 1.29 is 13.9 Å². The molecule has 6 nitrogen and oxygen atoms in total. The van der Waals surface area contributed by atoms with Gasteiger partial charge in [-0.2, -0.15) is 0 Å². The van der Waals surface area contributed by atoms with Crippen LogP contribution in [0.2, 0.25) is 0 Å². The first-order chi connectivity index (χ1) is 34.7. The predicted molar refractivity (Wildman–Crippen MR) is 278 cm³/mol. The molecule has 0 N–H and O–H groups in total. The van der Waals surface area contributed by atoms with Gasteiger partial charge in [0.15, 0.2) is 40.5 Å². The van der Waals surface area contributed by atoms with Crippen LogP contribution >= 0.6 is 0 Å². The fraction of sp³-hybridized carbons (Fsp3) is 0.0156. The SMILES string of the molecule is c1ccc(-c2nc(-c3ccc(-c4cccc5c4oc4ccccc45)cc3)nc(-c3cccc(-c4ccc5c(c4)Oc4cc6c(cc4O5)-c4ccccc4C6(c4ccccc4)c4ccccc4)c3)n2)cc1. The highest BCUT2D eigenvalue weighted by Crippen LogP contribution is 2.60. The molecule has 1 aliphatic heterocycles. The average Bonchev–Trinajstić information content (AvgIpc) is 3.96. The van der Waals surface area contributed by atoms with Gasteiger partial charge in [-0.1, -0.05) is 200 Å². The van der Waals surface area contributed by atoms with Gasteiger partial charge in [0.2, 0.25) is 0 Å². The van der Waals surface area contributed by atoms with Crippen molar-refractivity contribution in [2.45, 2.75) is 5.41 Å². The second-order valence-electron chi connectivity index (χ2n) is 17.8. The molecule has 0 atom stereocenters. The van der Waals surface area contributed by atoms with Crippen molar-refractivity contribution >= 4 is 21.9 Å². The van der Waals surface area contributed by atoms with Gasteiger partial charge in [-0.3, -0.25) is 0 Å². The molecule has 2 aliphatic rings. The van der Waals surface area contributed by atoms with Gasteiger partial charge in [0.05, 0.1) is 5.41 Å². The molecule has 70 heavy (non-hydrogen) atoms. The Morgan fingerprint density at radius 3 is 1.59 bits per heavy atom. The van der Waals surface area contributed by atoms with Gasteiger partial charge in [0.25, 0.3) is 0 Å². The maximum Gasteiger partial charge on any atom is 0.170 e. The van der Waals surface area contributed by atoms with Crippen molar-refractivity contribution in [2.75, 3.05) is 0 Å². The van der Waals surface area contributed by atoms with Crippen LogP contribution in [0.25, 0.3) is 89.5 Å². The molecule has 0 saturated carbocycles. The molecule has 0 radical (unpaired) electrons. The summed E-state index contributed by atoms with van der Waals surface area (Å²) in [6.45, 7) is 0. The first-order valence-electron chi connectivity index (χ1n) is 23.5. The summed E-state index contributed by atoms with van der Waals surface area (Å²) < 4.78 is 20.0. The zero-order chi connectivity index (χ0) is 46.2. The number of para-hydroxylation sites is 2. The first kappa shape index (κ1) is 39.7. The minimum absolute atomic E-state index is 0.556. The molecule has 0 spiro atoms. The standard InChI is InChI=1S/C64H39N3O3/c1-4-16-41(17-5-1)61-65-62(42-32-30-40(31-33-42)48-26-15-27-51-50-25-11-13-29-55(50)70-60(48)51)67-63(66-61)45-19-14-18-43(36-45)44-34-35-56-57(37-44)69-59-39-54-52(38-58(59)68-56)49-24-10-12-28-53(49)64(54,46-20-6-2-7-21-46)47-22-8-3-9-23-47/h1-39H. The van der Waals surface area contributed by atoms with Gasteiger partial charge in [-0.25, -0.2) is 15.0 Å². The van der Waals surface area contributed by atoms with E-state index in [4.69, 9.17) is 28.8 Å². The average molecular weight is 898 g/mol. The quantitative estimate of drug-likeness (QED) is 0.159. The lowest BCUT2D eigenvalue weighted by atomic mass is 9.67. The molecule has 10 aromatic carbocycles. The Bertz CT molecular complexity index is 3960. The topological polar surface area (TPSA) is 70.3 Å². The predicted octanol–water partition coefficient (Wildman–Crippen LogP) is 16.4. The van der Waals surface area contributed by atoms with Crippen molar-refractivity contribution in [2.24, 2.45) is 0 Å². The highest BCUT2D eigenvalue weighted by atomic mass is 16.6. The molecule has 0 bridgehead atoms. The largest absolute Gasteiger partial charge is 0.455 e. The Balaban J connectivity index is 0.820. The number of fused-ring (bicyclic) bond motifs is 8. The molecule has 6 heteroatoms. The Morgan fingerprint density at radius 2 is 0.814 bits per heavy atom. The van der Waals surface area contributed by atoms with Crippen molar-refractivity contribution in [3.63, 3.8) is 0 Å². The van der Waals surface area contributed by atoms with Gasteiger partial charge in [0, 0.05) is 33.0 Å². The number of furan rings is 1. The van der Waals surface area contributed by atoms with Crippen LogP contribution in [0.15, 0.2) is 241 Å². The van der Waals surface area contributed by atoms with E-state index in [1.165, 1.54) is 22.3 Å². The van der Waals surface area contributed by atoms with Crippen LogP contribution in [0.4, 0.5) is 0 Å². The summed E-state index contributed by atoms with van der Waals surface area (Å²) in [4.78, 5) is 15.2. The Kier molecular flexibility index (Phi) is 9.01. The molecule has 328 valence electrons. The smallest absolute Gasteiger partial charge is 0.170 e. The van der Waals surface area contributed by atoms with Crippen LogP contribution in [-0.4, -0.2) is 15.0 Å². The van der Waals surface area contributed by atoms with Gasteiger partial charge in [0.1, 0.15) is 11.2 Å². The van der Waals surface area contributed by atoms with E-state index in [2.05, 4.69) is 170 Å². The summed E-state index contributed by atoms with van der Waals surface area (Å²) in [7, 11) is 0. The third-order valence-electron chi connectivity index (χ3n) is 13.9. The maximum absolute atomic E-state index is 6.88. The van der Waals surface area contributed by atoms with Crippen LogP contribution in [0.1, 0.15) is 22.3 Å². The van der Waals surface area contributed by atoms with E-state index in [9.17, 15) is 0 Å². The molecule has 14 rings (SSSR count). The van der Waals surface area contributed by atoms with Crippen molar-refractivity contribution in [3.05, 3.63) is 259 Å². The van der Waals surface area contributed by atoms with Crippen molar-refractivity contribution in [3.8, 4) is 90.5 Å². The molecule has 0 fully saturated rings. The number of hydrogen-bond donors (Lipinski definition) is 0. The minimum Gasteiger partial charge on any atom is -0.455 e. The normalized spacial score (nSPS) is 12.9. The third-order valence-corrected chi connectivity index (χ3v) is 13.9. The molecule has 2 aromatic heterocycles. The molecular weight excluding hydrogens is 859 g/mol. The number of hydrogen-bond acceptors (Lipinski definition) is 6. The van der Waals surface area contributed by atoms with Crippen LogP contribution < -0.4 is 9.47 Å². The monoisotopic (exact) mass is 897 g/mol. The number of rotatable bonds is 7. The first-order valence-corrected chi connectivity index (χ1v) is 23.5. The molecule has 1 aliphatic carbocycles. The zero-order valence-electron chi connectivity index (χ0n) is 37.6. The van der Waals surface area contributed by atoms with Gasteiger partial charge in [-0.15, -0.1) is 0 Å². The van der Waals surface area contributed by atoms with E-state index in [1.54, 1.807) is 0 Å². The number of benzene rings is 10. The fourth-order valence-electron chi connectivity index (χ4n) is 10.7. The third kappa shape index (κ3) is 6.31. The van der Waals surface area contributed by atoms with E-state index in [0.717, 1.165) is 72.0 Å². The number of nitrogens with zero attached hydrogens (tertiary/aromatic N) is 3. The molecule has 0 saturated heterocycles. The van der Waals surface area contributed by atoms with E-state index < -0.39 is 5.41 Å². The Morgan fingerprint density at radius 1 is 0.300 bits per heavy atom. The van der Waals surface area contributed by atoms with E-state index in [0.29, 0.717) is 40.5 Å². The van der Waals surface area contributed by atoms with Gasteiger partial charge >= 0.3 is 0 Å². The number of aromatic nitrogens is 3. The van der Waals surface area contributed by atoms with Gasteiger partial charge < -0.3 is 13.9 Å². The van der Waals surface area contributed by atoms with E-state index in [-0.39, 0.29) is 0 Å². The minimum atomic E-state index is -0.556. The lowest BCUT2D eigenvalue weighted by Crippen LogP contribution is -2.28. The van der Waals surface area contributed by atoms with Crippen LogP contribution in [0.5, 0.6) is 23.0 Å². The summed E-state index contributed by atoms with van der Waals surface area (Å²) in [5.74, 6) is 4.41. The molecule has 0 unspecified atom stereocenters. The molecule has 3 heterocycles. The maximum atomic E-state index is 6.88. The van der Waals surface area contributed by atoms with Gasteiger partial charge in [-0.05, 0) is 86.5 Å². The second-order valence-corrected chi connectivity index (χ2v) is 17.8. The van der Waals surface area contributed by atoms with Crippen molar-refractivity contribution in [1.82, 2.24) is 15.0 Å². The van der Waals surface area contributed by atoms with Crippen LogP contribution in [-0.2, 0) is 5.41 Å². The molecule has 0 amide bonds. The zero-order valence-corrected chi connectivity index (χ0v) is 37.6. The highest BCUT2D eigenvalue weighted by Gasteiger charge is 2.47. The van der Waals surface area contributed by atoms with E-state index >= 15 is 0 Å². The fourth-order valence-corrected chi connectivity index (χ4v) is 10.7. The Hall–Kier alpha value is -9.39. The highest BCUT2D eigenvalue weighted by molar-refractivity contribution is 6.09. The van der Waals surface area contributed by atoms with E-state index in [1.807, 2.05) is 66.7 Å². The van der Waals surface area contributed by atoms with Crippen LogP contribution in [0, 0.1) is 0 Å². The second kappa shape index (κ2) is 15.9. The Labute approximate surface area is 403 Å².